The highest BCUT2D eigenvalue weighted by Gasteiger charge is 2.65. The first-order valence-electron chi connectivity index (χ1n) is 10.1. The van der Waals surface area contributed by atoms with Crippen molar-refractivity contribution < 1.29 is 17.9 Å². The highest BCUT2D eigenvalue weighted by Crippen LogP contribution is 2.65. The van der Waals surface area contributed by atoms with E-state index in [-0.39, 0.29) is 34.3 Å². The predicted molar refractivity (Wildman–Crippen MR) is 102 cm³/mol. The molecule has 2 saturated heterocycles. The second kappa shape index (κ2) is 5.72. The van der Waals surface area contributed by atoms with Crippen LogP contribution in [0.4, 0.5) is 0 Å². The third-order valence-corrected chi connectivity index (χ3v) is 9.63. The lowest BCUT2D eigenvalue weighted by atomic mass is 9.56. The molecule has 146 valence electrons. The van der Waals surface area contributed by atoms with E-state index in [2.05, 4.69) is 17.0 Å². The minimum absolute atomic E-state index is 0.0223. The number of hydrogen-bond donors (Lipinski definition) is 0. The number of nitrogens with zero attached hydrogens (tertiary/aromatic N) is 1. The van der Waals surface area contributed by atoms with Crippen molar-refractivity contribution in [1.29, 1.82) is 0 Å². The molecule has 5 nitrogen and oxygen atoms in total. The van der Waals surface area contributed by atoms with Crippen LogP contribution in [0.3, 0.4) is 0 Å². The summed E-state index contributed by atoms with van der Waals surface area (Å²) in [7, 11) is -1.24. The fourth-order valence-electron chi connectivity index (χ4n) is 6.26. The van der Waals surface area contributed by atoms with E-state index in [1.54, 1.807) is 7.11 Å². The van der Waals surface area contributed by atoms with E-state index in [1.807, 2.05) is 12.1 Å². The highest BCUT2D eigenvalue weighted by molar-refractivity contribution is 7.91. The molecule has 3 unspecified atom stereocenters. The third-order valence-electron chi connectivity index (χ3n) is 7.98. The van der Waals surface area contributed by atoms with Crippen LogP contribution in [0.2, 0.25) is 0 Å². The average molecular weight is 390 g/mol. The maximum absolute atomic E-state index is 13.6. The number of rotatable bonds is 3. The fourth-order valence-corrected chi connectivity index (χ4v) is 7.85. The van der Waals surface area contributed by atoms with Crippen molar-refractivity contribution in [3.05, 3.63) is 29.8 Å². The summed E-state index contributed by atoms with van der Waals surface area (Å²) in [6, 6.07) is 8.24. The number of hydrogen-bond acceptors (Lipinski definition) is 4. The first-order chi connectivity index (χ1) is 12.9. The second-order valence-electron chi connectivity index (χ2n) is 8.98. The normalized spacial score (nSPS) is 35.4. The van der Waals surface area contributed by atoms with Crippen LogP contribution in [0.15, 0.2) is 24.3 Å². The van der Waals surface area contributed by atoms with E-state index in [1.165, 1.54) is 5.56 Å². The lowest BCUT2D eigenvalue weighted by Gasteiger charge is -2.58. The van der Waals surface area contributed by atoms with Gasteiger partial charge in [-0.25, -0.2) is 8.42 Å². The Labute approximate surface area is 161 Å². The van der Waals surface area contributed by atoms with E-state index >= 15 is 0 Å². The SMILES string of the molecule is COc1ccc(C23CCC(C2)C3C(=O)N2CCC23CCS(=O)(=O)CC3)cc1. The fraction of sp³-hybridized carbons (Fsp3) is 0.667. The number of carbonyl (C=O) groups excluding carboxylic acids is 1. The molecular formula is C21H27NO4S. The first kappa shape index (κ1) is 17.5. The number of sulfone groups is 1. The predicted octanol–water partition coefficient (Wildman–Crippen LogP) is 2.54. The van der Waals surface area contributed by atoms with Gasteiger partial charge in [0, 0.05) is 17.5 Å². The molecule has 0 aromatic heterocycles. The Hall–Kier alpha value is -1.56. The van der Waals surface area contributed by atoms with Gasteiger partial charge in [-0.2, -0.15) is 0 Å². The maximum atomic E-state index is 13.6. The zero-order chi connectivity index (χ0) is 18.9. The molecule has 1 amide bonds. The Balaban J connectivity index is 1.39. The summed E-state index contributed by atoms with van der Waals surface area (Å²) in [5, 5.41) is 0. The van der Waals surface area contributed by atoms with Gasteiger partial charge in [0.05, 0.1) is 24.5 Å². The number of fused-ring (bicyclic) bond motifs is 1. The topological polar surface area (TPSA) is 63.7 Å². The Morgan fingerprint density at radius 3 is 2.37 bits per heavy atom. The summed E-state index contributed by atoms with van der Waals surface area (Å²) in [5.41, 5.74) is 1.06. The zero-order valence-corrected chi connectivity index (χ0v) is 16.6. The Morgan fingerprint density at radius 1 is 1.11 bits per heavy atom. The molecule has 1 spiro atoms. The first-order valence-corrected chi connectivity index (χ1v) is 11.9. The van der Waals surface area contributed by atoms with E-state index in [9.17, 15) is 13.2 Å². The summed E-state index contributed by atoms with van der Waals surface area (Å²) < 4.78 is 29.0. The van der Waals surface area contributed by atoms with E-state index in [0.717, 1.165) is 38.0 Å². The van der Waals surface area contributed by atoms with E-state index in [0.29, 0.717) is 18.8 Å². The van der Waals surface area contributed by atoms with E-state index in [4.69, 9.17) is 4.74 Å². The third kappa shape index (κ3) is 2.41. The molecule has 2 aliphatic heterocycles. The van der Waals surface area contributed by atoms with Crippen molar-refractivity contribution in [2.45, 2.75) is 49.5 Å². The van der Waals surface area contributed by atoms with Crippen molar-refractivity contribution in [2.24, 2.45) is 11.8 Å². The summed E-state index contributed by atoms with van der Waals surface area (Å²) in [6.45, 7) is 0.792. The summed E-state index contributed by atoms with van der Waals surface area (Å²) >= 11 is 0. The Bertz CT molecular complexity index is 860. The molecule has 3 aliphatic carbocycles. The van der Waals surface area contributed by atoms with Crippen molar-refractivity contribution >= 4 is 15.7 Å². The molecule has 3 saturated carbocycles. The van der Waals surface area contributed by atoms with Gasteiger partial charge in [-0.3, -0.25) is 4.79 Å². The van der Waals surface area contributed by atoms with Gasteiger partial charge in [0.2, 0.25) is 5.91 Å². The Kier molecular flexibility index (Phi) is 3.72. The van der Waals surface area contributed by atoms with Gasteiger partial charge in [-0.05, 0) is 62.1 Å². The molecule has 6 heteroatoms. The van der Waals surface area contributed by atoms with Gasteiger partial charge in [0.1, 0.15) is 15.6 Å². The molecule has 5 fully saturated rings. The summed E-state index contributed by atoms with van der Waals surface area (Å²) in [5.74, 6) is 2.15. The van der Waals surface area contributed by atoms with Crippen LogP contribution in [0.25, 0.3) is 0 Å². The Morgan fingerprint density at radius 2 is 1.81 bits per heavy atom. The molecule has 2 bridgehead atoms. The quantitative estimate of drug-likeness (QED) is 0.797. The van der Waals surface area contributed by atoms with Gasteiger partial charge in [-0.1, -0.05) is 12.1 Å². The minimum atomic E-state index is -2.91. The van der Waals surface area contributed by atoms with Gasteiger partial charge < -0.3 is 9.64 Å². The average Bonchev–Trinajstić information content (AvgIpc) is 3.22. The number of amides is 1. The van der Waals surface area contributed by atoms with Gasteiger partial charge in [0.25, 0.3) is 0 Å². The molecule has 27 heavy (non-hydrogen) atoms. The molecule has 3 atom stereocenters. The summed E-state index contributed by atoms with van der Waals surface area (Å²) in [4.78, 5) is 15.6. The maximum Gasteiger partial charge on any atom is 0.227 e. The largest absolute Gasteiger partial charge is 0.497 e. The standard InChI is InChI=1S/C21H27NO4S/c1-26-17-4-2-16(3-5-17)21-7-6-15(14-21)18(21)19(23)22-11-8-20(22)9-12-27(24,25)13-10-20/h2-5,15,18H,6-14H2,1H3. The molecule has 5 aliphatic rings. The van der Waals surface area contributed by atoms with Gasteiger partial charge in [-0.15, -0.1) is 0 Å². The van der Waals surface area contributed by atoms with Crippen LogP contribution in [0.5, 0.6) is 5.75 Å². The van der Waals surface area contributed by atoms with Crippen LogP contribution in [-0.4, -0.2) is 49.9 Å². The number of carbonyl (C=O) groups is 1. The highest BCUT2D eigenvalue weighted by atomic mass is 32.2. The van der Waals surface area contributed by atoms with Crippen LogP contribution >= 0.6 is 0 Å². The number of benzene rings is 1. The zero-order valence-electron chi connectivity index (χ0n) is 15.8. The van der Waals surface area contributed by atoms with Crippen LogP contribution < -0.4 is 4.74 Å². The van der Waals surface area contributed by atoms with Crippen molar-refractivity contribution in [3.8, 4) is 5.75 Å². The molecule has 2 heterocycles. The van der Waals surface area contributed by atoms with E-state index < -0.39 is 9.84 Å². The molecule has 1 aromatic rings. The van der Waals surface area contributed by atoms with Gasteiger partial charge in [0.15, 0.2) is 0 Å². The second-order valence-corrected chi connectivity index (χ2v) is 11.3. The molecule has 6 rings (SSSR count). The van der Waals surface area contributed by atoms with Crippen molar-refractivity contribution in [1.82, 2.24) is 4.90 Å². The lowest BCUT2D eigenvalue weighted by Crippen LogP contribution is -2.68. The summed E-state index contributed by atoms with van der Waals surface area (Å²) in [6.07, 6.45) is 5.50. The van der Waals surface area contributed by atoms with Crippen molar-refractivity contribution in [3.63, 3.8) is 0 Å². The minimum Gasteiger partial charge on any atom is -0.497 e. The van der Waals surface area contributed by atoms with Crippen LogP contribution in [0, 0.1) is 11.8 Å². The smallest absolute Gasteiger partial charge is 0.227 e. The number of methoxy groups -OCH3 is 1. The van der Waals surface area contributed by atoms with Crippen molar-refractivity contribution in [2.75, 3.05) is 25.2 Å². The van der Waals surface area contributed by atoms with Crippen LogP contribution in [0.1, 0.15) is 44.1 Å². The van der Waals surface area contributed by atoms with Crippen LogP contribution in [-0.2, 0) is 20.0 Å². The molecule has 0 N–H and O–H groups in total. The number of likely N-dealkylation sites (tertiary alicyclic amines) is 1. The molecule has 0 radical (unpaired) electrons. The number of ether oxygens (including phenoxy) is 1. The van der Waals surface area contributed by atoms with Gasteiger partial charge >= 0.3 is 0 Å². The monoisotopic (exact) mass is 389 g/mol. The lowest BCUT2D eigenvalue weighted by molar-refractivity contribution is -0.161. The molecule has 1 aromatic carbocycles. The molecular weight excluding hydrogens is 362 g/mol.